The molecule has 7 aromatic rings. The molecule has 3 heterocycles. The fraction of sp³-hybridized carbons (Fsp3) is 0.227. The molecule has 0 fully saturated rings. The first-order valence-electron chi connectivity index (χ1n) is 18.2. The van der Waals surface area contributed by atoms with Gasteiger partial charge in [-0.3, -0.25) is 32.9 Å². The van der Waals surface area contributed by atoms with Gasteiger partial charge >= 0.3 is 0 Å². The maximum absolute atomic E-state index is 13.4. The van der Waals surface area contributed by atoms with Gasteiger partial charge in [-0.05, 0) is 92.2 Å². The first kappa shape index (κ1) is 39.8. The molecule has 1 amide bonds. The van der Waals surface area contributed by atoms with Gasteiger partial charge in [0.25, 0.3) is 11.1 Å². The minimum atomic E-state index is -0.178. The predicted molar refractivity (Wildman–Crippen MR) is 228 cm³/mol. The number of nitrogens with zero attached hydrogens (tertiary/aromatic N) is 5. The first-order valence-corrected chi connectivity index (χ1v) is 19.0. The van der Waals surface area contributed by atoms with E-state index in [9.17, 15) is 19.2 Å². The van der Waals surface area contributed by atoms with Crippen molar-refractivity contribution in [2.45, 2.75) is 66.7 Å². The van der Waals surface area contributed by atoms with E-state index in [1.165, 1.54) is 13.8 Å². The van der Waals surface area contributed by atoms with Gasteiger partial charge in [0.2, 0.25) is 11.8 Å². The molecule has 56 heavy (non-hydrogen) atoms. The molecule has 1 N–H and O–H groups in total. The number of amides is 1. The van der Waals surface area contributed by atoms with Crippen LogP contribution in [0.2, 0.25) is 10.0 Å². The summed E-state index contributed by atoms with van der Waals surface area (Å²) in [4.78, 5) is 60.2. The first-order chi connectivity index (χ1) is 26.6. The summed E-state index contributed by atoms with van der Waals surface area (Å²) in [6.45, 7) is 16.7. The molecule has 0 radical (unpaired) electrons. The summed E-state index contributed by atoms with van der Waals surface area (Å²) in [6.07, 6.45) is 2.23. The number of rotatable bonds is 7. The van der Waals surface area contributed by atoms with Gasteiger partial charge in [-0.15, -0.1) is 6.58 Å². The highest BCUT2D eigenvalue weighted by molar-refractivity contribution is 6.30. The SMILES string of the molecule is C=CCc1c(NC(C)=O)ccc2c(=O)n(-c3ccc(Cl)cc3)c(C(C)C)nc12.CC(=O)n1c(C)cc2c3nc(C(C)C)n(-c4ccc(Cl)cc4)c(=O)c3ccc21. The maximum atomic E-state index is 13.4. The van der Waals surface area contributed by atoms with E-state index in [-0.39, 0.29) is 34.8 Å². The standard InChI is InChI=1S/C22H20ClN3O2.C22H22ClN3O2/c1-12(2)21-24-20-17(22(28)26(21)16-7-5-15(23)6-8-16)9-10-19-18(20)11-13(3)25(19)14(4)27;1-5-6-17-19(24-14(4)27)12-11-18-20(17)25-21(13(2)3)26(22(18)28)16-9-7-15(23)8-10-16/h5-12H,1-4H3;5,7-13H,1,6H2,2-4H3,(H,24,27). The Morgan fingerprint density at radius 2 is 1.21 bits per heavy atom. The number of allylic oxidation sites excluding steroid dienone is 1. The van der Waals surface area contributed by atoms with Crippen LogP contribution >= 0.6 is 23.2 Å². The van der Waals surface area contributed by atoms with Crippen LogP contribution in [-0.2, 0) is 11.2 Å². The molecular weight excluding hydrogens is 747 g/mol. The Morgan fingerprint density at radius 1 is 0.732 bits per heavy atom. The Balaban J connectivity index is 0.000000190. The van der Waals surface area contributed by atoms with Crippen molar-refractivity contribution in [2.75, 3.05) is 5.32 Å². The molecule has 286 valence electrons. The van der Waals surface area contributed by atoms with E-state index in [0.29, 0.717) is 61.3 Å². The van der Waals surface area contributed by atoms with Crippen LogP contribution < -0.4 is 16.4 Å². The van der Waals surface area contributed by atoms with Crippen molar-refractivity contribution in [2.24, 2.45) is 0 Å². The van der Waals surface area contributed by atoms with E-state index >= 15 is 0 Å². The zero-order valence-electron chi connectivity index (χ0n) is 32.3. The number of aryl methyl sites for hydroxylation is 1. The van der Waals surface area contributed by atoms with Gasteiger partial charge in [0.1, 0.15) is 11.6 Å². The van der Waals surface area contributed by atoms with E-state index in [1.54, 1.807) is 74.4 Å². The second-order valence-corrected chi connectivity index (χ2v) is 15.1. The van der Waals surface area contributed by atoms with Crippen LogP contribution in [0.3, 0.4) is 0 Å². The number of aromatic nitrogens is 5. The molecular formula is C44H42Cl2N6O4. The van der Waals surface area contributed by atoms with E-state index in [0.717, 1.165) is 27.8 Å². The van der Waals surface area contributed by atoms with Gasteiger partial charge in [0, 0.05) is 58.1 Å². The highest BCUT2D eigenvalue weighted by Crippen LogP contribution is 2.30. The zero-order valence-corrected chi connectivity index (χ0v) is 33.8. The van der Waals surface area contributed by atoms with Crippen molar-refractivity contribution in [3.8, 4) is 11.4 Å². The highest BCUT2D eigenvalue weighted by Gasteiger charge is 2.21. The lowest BCUT2D eigenvalue weighted by Crippen LogP contribution is -2.25. The molecule has 10 nitrogen and oxygen atoms in total. The van der Waals surface area contributed by atoms with Crippen LogP contribution in [-0.4, -0.2) is 35.5 Å². The molecule has 0 saturated heterocycles. The minimum Gasteiger partial charge on any atom is -0.326 e. The van der Waals surface area contributed by atoms with Crippen LogP contribution in [0.4, 0.5) is 5.69 Å². The van der Waals surface area contributed by atoms with Gasteiger partial charge in [0.15, 0.2) is 0 Å². The number of nitrogens with one attached hydrogen (secondary N) is 1. The smallest absolute Gasteiger partial charge is 0.266 e. The molecule has 0 aliphatic rings. The van der Waals surface area contributed by atoms with Crippen molar-refractivity contribution >= 4 is 73.4 Å². The van der Waals surface area contributed by atoms with Gasteiger partial charge in [-0.25, -0.2) is 9.97 Å². The van der Waals surface area contributed by atoms with E-state index in [4.69, 9.17) is 33.2 Å². The molecule has 0 saturated carbocycles. The van der Waals surface area contributed by atoms with Crippen LogP contribution in [0.15, 0.2) is 101 Å². The fourth-order valence-corrected chi connectivity index (χ4v) is 7.19. The number of carbonyl (C=O) groups excluding carboxylic acids is 2. The Morgan fingerprint density at radius 3 is 1.68 bits per heavy atom. The average molecular weight is 790 g/mol. The third-order valence-corrected chi connectivity index (χ3v) is 9.88. The van der Waals surface area contributed by atoms with Crippen molar-refractivity contribution in [1.82, 2.24) is 23.7 Å². The quantitative estimate of drug-likeness (QED) is 0.161. The molecule has 7 rings (SSSR count). The molecule has 0 unspecified atom stereocenters. The van der Waals surface area contributed by atoms with Crippen molar-refractivity contribution in [1.29, 1.82) is 0 Å². The number of anilines is 1. The monoisotopic (exact) mass is 788 g/mol. The number of hydrogen-bond acceptors (Lipinski definition) is 6. The van der Waals surface area contributed by atoms with E-state index in [1.807, 2.05) is 58.9 Å². The third kappa shape index (κ3) is 7.54. The lowest BCUT2D eigenvalue weighted by Gasteiger charge is -2.18. The molecule has 4 aromatic carbocycles. The summed E-state index contributed by atoms with van der Waals surface area (Å²) < 4.78 is 4.92. The summed E-state index contributed by atoms with van der Waals surface area (Å²) in [5.41, 5.74) is 5.38. The summed E-state index contributed by atoms with van der Waals surface area (Å²) >= 11 is 12.0. The summed E-state index contributed by atoms with van der Waals surface area (Å²) in [5.74, 6) is 1.10. The van der Waals surface area contributed by atoms with Crippen molar-refractivity contribution in [3.63, 3.8) is 0 Å². The zero-order chi connectivity index (χ0) is 40.6. The lowest BCUT2D eigenvalue weighted by molar-refractivity contribution is -0.114. The Labute approximate surface area is 334 Å². The van der Waals surface area contributed by atoms with Gasteiger partial charge in [0.05, 0.1) is 38.7 Å². The Kier molecular flexibility index (Phi) is 11.5. The predicted octanol–water partition coefficient (Wildman–Crippen LogP) is 9.94. The van der Waals surface area contributed by atoms with E-state index < -0.39 is 0 Å². The number of hydrogen-bond donors (Lipinski definition) is 1. The molecule has 12 heteroatoms. The van der Waals surface area contributed by atoms with Crippen molar-refractivity contribution < 1.29 is 9.59 Å². The number of fused-ring (bicyclic) bond motifs is 4. The Bertz CT molecular complexity index is 2800. The second-order valence-electron chi connectivity index (χ2n) is 14.2. The normalized spacial score (nSPS) is 11.3. The molecule has 0 aliphatic carbocycles. The van der Waals surface area contributed by atoms with Crippen LogP contribution in [0.5, 0.6) is 0 Å². The highest BCUT2D eigenvalue weighted by atomic mass is 35.5. The van der Waals surface area contributed by atoms with Crippen LogP contribution in [0, 0.1) is 6.92 Å². The molecule has 0 spiro atoms. The molecule has 0 bridgehead atoms. The summed E-state index contributed by atoms with van der Waals surface area (Å²) in [5, 5.41) is 5.86. The van der Waals surface area contributed by atoms with Gasteiger partial charge in [-0.2, -0.15) is 0 Å². The third-order valence-electron chi connectivity index (χ3n) is 9.38. The van der Waals surface area contributed by atoms with Crippen molar-refractivity contribution in [3.05, 3.63) is 145 Å². The number of halogens is 2. The molecule has 0 aliphatic heterocycles. The van der Waals surface area contributed by atoms with Crippen LogP contribution in [0.1, 0.15) is 81.1 Å². The summed E-state index contributed by atoms with van der Waals surface area (Å²) in [6, 6.07) is 23.2. The van der Waals surface area contributed by atoms with Gasteiger partial charge < -0.3 is 5.32 Å². The fourth-order valence-electron chi connectivity index (χ4n) is 6.94. The number of carbonyl (C=O) groups is 2. The largest absolute Gasteiger partial charge is 0.326 e. The maximum Gasteiger partial charge on any atom is 0.266 e. The minimum absolute atomic E-state index is 0.00813. The molecule has 3 aromatic heterocycles. The van der Waals surface area contributed by atoms with E-state index in [2.05, 4.69) is 11.9 Å². The van der Waals surface area contributed by atoms with Crippen LogP contribution in [0.25, 0.3) is 44.1 Å². The summed E-state index contributed by atoms with van der Waals surface area (Å²) in [7, 11) is 0. The second kappa shape index (κ2) is 16.1. The van der Waals surface area contributed by atoms with Gasteiger partial charge in [-0.1, -0.05) is 57.0 Å². The topological polar surface area (TPSA) is 121 Å². The lowest BCUT2D eigenvalue weighted by atomic mass is 10.0. The molecule has 0 atom stereocenters. The number of benzene rings is 4. The average Bonchev–Trinajstić information content (AvgIpc) is 3.50. The Hall–Kier alpha value is -5.84.